The van der Waals surface area contributed by atoms with Gasteiger partial charge in [-0.3, -0.25) is 4.79 Å². The molecule has 0 bridgehead atoms. The maximum absolute atomic E-state index is 10.7. The normalized spacial score (nSPS) is 13.9. The third kappa shape index (κ3) is 2.61. The zero-order chi connectivity index (χ0) is 7.44. The number of hydrogen-bond acceptors (Lipinski definition) is 2. The minimum atomic E-state index is -0.162. The van der Waals surface area contributed by atoms with Crippen molar-refractivity contribution in [3.05, 3.63) is 0 Å². The Morgan fingerprint density at radius 3 is 2.00 bits per heavy atom. The molecule has 9 heavy (non-hydrogen) atoms. The molecule has 0 aliphatic rings. The monoisotopic (exact) mass is 130 g/mol. The van der Waals surface area contributed by atoms with Gasteiger partial charge in [-0.2, -0.15) is 0 Å². The molecule has 0 unspecified atom stereocenters. The quantitative estimate of drug-likeness (QED) is 0.614. The molecule has 1 N–H and O–H groups in total. The number of aliphatic hydroxyl groups is 1. The van der Waals surface area contributed by atoms with Crippen LogP contribution in [0.2, 0.25) is 0 Å². The van der Waals surface area contributed by atoms with E-state index in [4.69, 9.17) is 5.11 Å². The molecule has 2 heteroatoms. The fraction of sp³-hybridized carbons (Fsp3) is 0.857. The van der Waals surface area contributed by atoms with Crippen molar-refractivity contribution >= 4 is 5.78 Å². The van der Waals surface area contributed by atoms with Gasteiger partial charge in [-0.15, -0.1) is 0 Å². The fourth-order valence-corrected chi connectivity index (χ4v) is 0.809. The Labute approximate surface area is 55.9 Å². The number of aliphatic hydroxyl groups excluding tert-OH is 1. The summed E-state index contributed by atoms with van der Waals surface area (Å²) in [6.07, 6.45) is 0. The number of hydrogen-bond donors (Lipinski definition) is 1. The SMILES string of the molecule is CC(=O)[C@@H](CO)C(C)C. The summed E-state index contributed by atoms with van der Waals surface area (Å²) in [5.74, 6) is 0.171. The highest BCUT2D eigenvalue weighted by Crippen LogP contribution is 2.09. The van der Waals surface area contributed by atoms with Crippen molar-refractivity contribution in [3.8, 4) is 0 Å². The summed E-state index contributed by atoms with van der Waals surface area (Å²) >= 11 is 0. The third-order valence-electron chi connectivity index (χ3n) is 1.52. The third-order valence-corrected chi connectivity index (χ3v) is 1.52. The number of Topliss-reactive ketones (excluding diaryl/α,β-unsaturated/α-hetero) is 1. The van der Waals surface area contributed by atoms with Crippen LogP contribution >= 0.6 is 0 Å². The maximum Gasteiger partial charge on any atom is 0.135 e. The molecule has 0 saturated heterocycles. The van der Waals surface area contributed by atoms with Gasteiger partial charge in [-0.25, -0.2) is 0 Å². The zero-order valence-electron chi connectivity index (χ0n) is 6.22. The molecule has 0 aliphatic carbocycles. The summed E-state index contributed by atoms with van der Waals surface area (Å²) in [4.78, 5) is 10.7. The Morgan fingerprint density at radius 2 is 2.00 bits per heavy atom. The molecule has 0 aromatic heterocycles. The molecule has 0 spiro atoms. The molecule has 0 aromatic rings. The molecule has 54 valence electrons. The van der Waals surface area contributed by atoms with E-state index in [2.05, 4.69) is 0 Å². The smallest absolute Gasteiger partial charge is 0.135 e. The van der Waals surface area contributed by atoms with Gasteiger partial charge in [0, 0.05) is 5.92 Å². The predicted molar refractivity (Wildman–Crippen MR) is 36.1 cm³/mol. The summed E-state index contributed by atoms with van der Waals surface area (Å²) < 4.78 is 0. The van der Waals surface area contributed by atoms with Crippen LogP contribution in [0, 0.1) is 11.8 Å². The Hall–Kier alpha value is -0.370. The zero-order valence-corrected chi connectivity index (χ0v) is 6.22. The van der Waals surface area contributed by atoms with Crippen LogP contribution in [0.1, 0.15) is 20.8 Å². The minimum Gasteiger partial charge on any atom is -0.396 e. The summed E-state index contributed by atoms with van der Waals surface area (Å²) in [7, 11) is 0. The molecule has 0 aromatic carbocycles. The van der Waals surface area contributed by atoms with Gasteiger partial charge in [0.1, 0.15) is 5.78 Å². The Bertz CT molecular complexity index is 97.1. The second kappa shape index (κ2) is 3.62. The van der Waals surface area contributed by atoms with E-state index >= 15 is 0 Å². The molecule has 2 nitrogen and oxygen atoms in total. The van der Waals surface area contributed by atoms with E-state index in [9.17, 15) is 4.79 Å². The average molecular weight is 130 g/mol. The molecule has 0 radical (unpaired) electrons. The van der Waals surface area contributed by atoms with Gasteiger partial charge in [0.25, 0.3) is 0 Å². The van der Waals surface area contributed by atoms with Crippen molar-refractivity contribution in [3.63, 3.8) is 0 Å². The number of ketones is 1. The van der Waals surface area contributed by atoms with Crippen LogP contribution in [-0.2, 0) is 4.79 Å². The van der Waals surface area contributed by atoms with Crippen LogP contribution in [0.25, 0.3) is 0 Å². The van der Waals surface area contributed by atoms with E-state index in [-0.39, 0.29) is 24.2 Å². The first kappa shape index (κ1) is 8.63. The summed E-state index contributed by atoms with van der Waals surface area (Å²) in [6, 6.07) is 0. The van der Waals surface area contributed by atoms with Gasteiger partial charge in [0.2, 0.25) is 0 Å². The molecule has 1 atom stereocenters. The van der Waals surface area contributed by atoms with Crippen LogP contribution in [0.5, 0.6) is 0 Å². The van der Waals surface area contributed by atoms with E-state index in [0.717, 1.165) is 0 Å². The summed E-state index contributed by atoms with van der Waals surface area (Å²) in [5, 5.41) is 8.65. The van der Waals surface area contributed by atoms with Crippen LogP contribution in [-0.4, -0.2) is 17.5 Å². The summed E-state index contributed by atoms with van der Waals surface area (Å²) in [6.45, 7) is 5.36. The molecule has 0 heterocycles. The predicted octanol–water partition coefficient (Wildman–Crippen LogP) is 0.840. The Kier molecular flexibility index (Phi) is 3.47. The largest absolute Gasteiger partial charge is 0.396 e. The van der Waals surface area contributed by atoms with Crippen LogP contribution in [0.15, 0.2) is 0 Å². The van der Waals surface area contributed by atoms with Gasteiger partial charge in [-0.1, -0.05) is 13.8 Å². The lowest BCUT2D eigenvalue weighted by atomic mass is 9.93. The van der Waals surface area contributed by atoms with Gasteiger partial charge in [-0.05, 0) is 12.8 Å². The van der Waals surface area contributed by atoms with Crippen molar-refractivity contribution in [2.24, 2.45) is 11.8 Å². The first-order valence-corrected chi connectivity index (χ1v) is 3.21. The average Bonchev–Trinajstić information content (AvgIpc) is 1.64. The highest BCUT2D eigenvalue weighted by atomic mass is 16.3. The van der Waals surface area contributed by atoms with Crippen molar-refractivity contribution < 1.29 is 9.90 Å². The molecular weight excluding hydrogens is 116 g/mol. The van der Waals surface area contributed by atoms with Gasteiger partial charge >= 0.3 is 0 Å². The maximum atomic E-state index is 10.7. The lowest BCUT2D eigenvalue weighted by molar-refractivity contribution is -0.123. The number of carbonyl (C=O) groups is 1. The Balaban J connectivity index is 3.83. The molecule has 0 saturated carbocycles. The highest BCUT2D eigenvalue weighted by Gasteiger charge is 2.15. The number of carbonyl (C=O) groups excluding carboxylic acids is 1. The molecule has 0 fully saturated rings. The van der Waals surface area contributed by atoms with Crippen molar-refractivity contribution in [1.29, 1.82) is 0 Å². The van der Waals surface area contributed by atoms with Crippen LogP contribution in [0.3, 0.4) is 0 Å². The fourth-order valence-electron chi connectivity index (χ4n) is 0.809. The van der Waals surface area contributed by atoms with Crippen molar-refractivity contribution in [2.45, 2.75) is 20.8 Å². The molecule has 0 aliphatic heterocycles. The van der Waals surface area contributed by atoms with E-state index in [1.807, 2.05) is 13.8 Å². The lowest BCUT2D eigenvalue weighted by Gasteiger charge is -2.13. The molecule has 0 rings (SSSR count). The first-order chi connectivity index (χ1) is 4.09. The standard InChI is InChI=1S/C7H14O2/c1-5(2)7(4-8)6(3)9/h5,7-8H,4H2,1-3H3/t7-/m0/s1. The van der Waals surface area contributed by atoms with E-state index in [0.29, 0.717) is 0 Å². The van der Waals surface area contributed by atoms with Crippen LogP contribution in [0.4, 0.5) is 0 Å². The van der Waals surface area contributed by atoms with Crippen molar-refractivity contribution in [2.75, 3.05) is 6.61 Å². The van der Waals surface area contributed by atoms with Gasteiger partial charge in [0.15, 0.2) is 0 Å². The topological polar surface area (TPSA) is 37.3 Å². The number of rotatable bonds is 3. The lowest BCUT2D eigenvalue weighted by Crippen LogP contribution is -2.21. The van der Waals surface area contributed by atoms with E-state index < -0.39 is 0 Å². The minimum absolute atomic E-state index is 0.0208. The Morgan fingerprint density at radius 1 is 1.56 bits per heavy atom. The molecule has 0 amide bonds. The van der Waals surface area contributed by atoms with Gasteiger partial charge < -0.3 is 5.11 Å². The van der Waals surface area contributed by atoms with E-state index in [1.54, 1.807) is 0 Å². The highest BCUT2D eigenvalue weighted by molar-refractivity contribution is 5.78. The second-order valence-electron chi connectivity index (χ2n) is 2.64. The second-order valence-corrected chi connectivity index (χ2v) is 2.64. The first-order valence-electron chi connectivity index (χ1n) is 3.21. The van der Waals surface area contributed by atoms with Crippen molar-refractivity contribution in [1.82, 2.24) is 0 Å². The molecular formula is C7H14O2. The van der Waals surface area contributed by atoms with E-state index in [1.165, 1.54) is 6.92 Å². The summed E-state index contributed by atoms with van der Waals surface area (Å²) in [5.41, 5.74) is 0. The van der Waals surface area contributed by atoms with Crippen LogP contribution < -0.4 is 0 Å². The van der Waals surface area contributed by atoms with Gasteiger partial charge in [0.05, 0.1) is 6.61 Å².